The molecule has 0 aliphatic carbocycles. The summed E-state index contributed by atoms with van der Waals surface area (Å²) in [6, 6.07) is 13.4. The number of primary amides is 1. The van der Waals surface area contributed by atoms with Crippen molar-refractivity contribution >= 4 is 28.5 Å². The van der Waals surface area contributed by atoms with Gasteiger partial charge in [-0.2, -0.15) is 0 Å². The lowest BCUT2D eigenvalue weighted by Crippen LogP contribution is -2.48. The highest BCUT2D eigenvalue weighted by Crippen LogP contribution is 2.21. The summed E-state index contributed by atoms with van der Waals surface area (Å²) in [5.74, 6) is -2.55. The third kappa shape index (κ3) is 3.88. The maximum atomic E-state index is 12.9. The maximum absolute atomic E-state index is 12.9. The highest BCUT2D eigenvalue weighted by molar-refractivity contribution is 6.43. The van der Waals surface area contributed by atoms with Gasteiger partial charge in [0.05, 0.1) is 0 Å². The zero-order valence-electron chi connectivity index (χ0n) is 15.7. The molecule has 2 N–H and O–H groups in total. The van der Waals surface area contributed by atoms with Gasteiger partial charge in [-0.05, 0) is 17.7 Å². The Kier molecular flexibility index (Phi) is 5.09. The van der Waals surface area contributed by atoms with Gasteiger partial charge >= 0.3 is 0 Å². The van der Waals surface area contributed by atoms with Gasteiger partial charge in [-0.15, -0.1) is 0 Å². The maximum Gasteiger partial charge on any atom is 0.293 e. The van der Waals surface area contributed by atoms with Crippen molar-refractivity contribution in [1.29, 1.82) is 0 Å². The van der Waals surface area contributed by atoms with Crippen molar-refractivity contribution in [2.45, 2.75) is 6.54 Å². The van der Waals surface area contributed by atoms with Crippen LogP contribution in [-0.4, -0.2) is 58.6 Å². The van der Waals surface area contributed by atoms with Gasteiger partial charge in [-0.1, -0.05) is 30.3 Å². The molecule has 0 bridgehead atoms. The molecule has 0 spiro atoms. The van der Waals surface area contributed by atoms with E-state index in [1.807, 2.05) is 18.2 Å². The SMILES string of the molecule is NC(=O)C(=O)c1occ2ccc(C(=O)N3CCN(Cc4ccccc4)CC3)nc12. The van der Waals surface area contributed by atoms with E-state index in [0.717, 1.165) is 19.6 Å². The Morgan fingerprint density at radius 2 is 1.72 bits per heavy atom. The lowest BCUT2D eigenvalue weighted by molar-refractivity contribution is -0.114. The van der Waals surface area contributed by atoms with Gasteiger partial charge in [0.25, 0.3) is 17.6 Å². The molecule has 8 nitrogen and oxygen atoms in total. The number of pyridine rings is 1. The minimum absolute atomic E-state index is 0.169. The first-order chi connectivity index (χ1) is 14.0. The van der Waals surface area contributed by atoms with Gasteiger partial charge in [0.1, 0.15) is 17.5 Å². The van der Waals surface area contributed by atoms with E-state index in [0.29, 0.717) is 18.5 Å². The third-order valence-electron chi connectivity index (χ3n) is 5.00. The number of Topliss-reactive ketones (excluding diaryl/α,β-unsaturated/α-hetero) is 1. The molecule has 1 saturated heterocycles. The van der Waals surface area contributed by atoms with Gasteiger partial charge in [-0.3, -0.25) is 19.3 Å². The Labute approximate surface area is 166 Å². The van der Waals surface area contributed by atoms with Gasteiger partial charge in [0.2, 0.25) is 5.76 Å². The molecule has 1 aliphatic heterocycles. The van der Waals surface area contributed by atoms with Crippen LogP contribution in [-0.2, 0) is 11.3 Å². The van der Waals surface area contributed by atoms with Crippen molar-refractivity contribution in [2.24, 2.45) is 5.73 Å². The first-order valence-corrected chi connectivity index (χ1v) is 9.31. The van der Waals surface area contributed by atoms with Crippen LogP contribution in [0.1, 0.15) is 26.6 Å². The average Bonchev–Trinajstić information content (AvgIpc) is 3.17. The summed E-state index contributed by atoms with van der Waals surface area (Å²) in [5, 5.41) is 0.527. The predicted molar refractivity (Wildman–Crippen MR) is 105 cm³/mol. The molecule has 8 heteroatoms. The highest BCUT2D eigenvalue weighted by Gasteiger charge is 2.25. The Balaban J connectivity index is 1.46. The summed E-state index contributed by atoms with van der Waals surface area (Å²) in [6.07, 6.45) is 1.31. The number of carbonyl (C=O) groups is 3. The summed E-state index contributed by atoms with van der Waals surface area (Å²) in [4.78, 5) is 44.3. The monoisotopic (exact) mass is 392 g/mol. The number of hydrogen-bond acceptors (Lipinski definition) is 6. The molecule has 1 aromatic carbocycles. The Morgan fingerprint density at radius 1 is 1.00 bits per heavy atom. The number of rotatable bonds is 5. The van der Waals surface area contributed by atoms with Crippen molar-refractivity contribution in [3.8, 4) is 0 Å². The van der Waals surface area contributed by atoms with Crippen LogP contribution >= 0.6 is 0 Å². The number of nitrogens with zero attached hydrogens (tertiary/aromatic N) is 3. The van der Waals surface area contributed by atoms with E-state index < -0.39 is 11.7 Å². The molecular formula is C21H20N4O4. The number of nitrogens with two attached hydrogens (primary N) is 1. The second-order valence-electron chi connectivity index (χ2n) is 6.95. The van der Waals surface area contributed by atoms with Crippen LogP contribution in [0, 0.1) is 0 Å². The predicted octanol–water partition coefficient (Wildman–Crippen LogP) is 1.45. The number of amides is 2. The third-order valence-corrected chi connectivity index (χ3v) is 5.00. The van der Waals surface area contributed by atoms with Crippen LogP contribution in [0.15, 0.2) is 53.1 Å². The minimum atomic E-state index is -1.13. The molecule has 3 heterocycles. The summed E-state index contributed by atoms with van der Waals surface area (Å²) in [6.45, 7) is 3.55. The molecule has 148 valence electrons. The lowest BCUT2D eigenvalue weighted by Gasteiger charge is -2.34. The van der Waals surface area contributed by atoms with E-state index >= 15 is 0 Å². The Hall–Kier alpha value is -3.52. The topological polar surface area (TPSA) is 110 Å². The molecule has 0 atom stereocenters. The van der Waals surface area contributed by atoms with Gasteiger partial charge in [0.15, 0.2) is 0 Å². The number of ketones is 1. The zero-order valence-corrected chi connectivity index (χ0v) is 15.7. The largest absolute Gasteiger partial charge is 0.458 e. The molecule has 0 radical (unpaired) electrons. The minimum Gasteiger partial charge on any atom is -0.458 e. The smallest absolute Gasteiger partial charge is 0.293 e. The second kappa shape index (κ2) is 7.84. The molecule has 2 aromatic heterocycles. The van der Waals surface area contributed by atoms with Crippen LogP contribution < -0.4 is 5.73 Å². The van der Waals surface area contributed by atoms with E-state index in [-0.39, 0.29) is 22.9 Å². The Bertz CT molecular complexity index is 1070. The fourth-order valence-electron chi connectivity index (χ4n) is 3.43. The van der Waals surface area contributed by atoms with Crippen LogP contribution in [0.4, 0.5) is 0 Å². The first-order valence-electron chi connectivity index (χ1n) is 9.31. The average molecular weight is 392 g/mol. The van der Waals surface area contributed by atoms with Gasteiger partial charge in [0, 0.05) is 38.1 Å². The summed E-state index contributed by atoms with van der Waals surface area (Å²) in [7, 11) is 0. The van der Waals surface area contributed by atoms with Crippen LogP contribution in [0.3, 0.4) is 0 Å². The van der Waals surface area contributed by atoms with Crippen molar-refractivity contribution in [3.63, 3.8) is 0 Å². The molecule has 2 amide bonds. The normalized spacial score (nSPS) is 14.8. The number of furan rings is 1. The summed E-state index contributed by atoms with van der Waals surface area (Å²) < 4.78 is 5.14. The molecule has 3 aromatic rings. The van der Waals surface area contributed by atoms with Crippen molar-refractivity contribution in [3.05, 3.63) is 65.7 Å². The molecule has 0 unspecified atom stereocenters. The molecule has 4 rings (SSSR count). The zero-order chi connectivity index (χ0) is 20.4. The van der Waals surface area contributed by atoms with Crippen LogP contribution in [0.25, 0.3) is 10.9 Å². The van der Waals surface area contributed by atoms with Crippen molar-refractivity contribution in [2.75, 3.05) is 26.2 Å². The number of aromatic nitrogens is 1. The summed E-state index contributed by atoms with van der Waals surface area (Å²) in [5.41, 5.74) is 6.66. The van der Waals surface area contributed by atoms with E-state index in [4.69, 9.17) is 10.2 Å². The fourth-order valence-corrected chi connectivity index (χ4v) is 3.43. The number of carbonyl (C=O) groups excluding carboxylic acids is 3. The van der Waals surface area contributed by atoms with E-state index in [1.165, 1.54) is 11.8 Å². The second-order valence-corrected chi connectivity index (χ2v) is 6.95. The first kappa shape index (κ1) is 18.8. The number of benzene rings is 1. The fraction of sp³-hybridized carbons (Fsp3) is 0.238. The lowest BCUT2D eigenvalue weighted by atomic mass is 10.2. The molecule has 1 aliphatic rings. The van der Waals surface area contributed by atoms with E-state index in [1.54, 1.807) is 17.0 Å². The Morgan fingerprint density at radius 3 is 2.41 bits per heavy atom. The van der Waals surface area contributed by atoms with E-state index in [2.05, 4.69) is 22.0 Å². The van der Waals surface area contributed by atoms with Gasteiger partial charge in [-0.25, -0.2) is 4.98 Å². The number of fused-ring (bicyclic) bond motifs is 1. The highest BCUT2D eigenvalue weighted by atomic mass is 16.3. The molecular weight excluding hydrogens is 372 g/mol. The summed E-state index contributed by atoms with van der Waals surface area (Å²) >= 11 is 0. The van der Waals surface area contributed by atoms with Crippen LogP contribution in [0.5, 0.6) is 0 Å². The number of hydrogen-bond donors (Lipinski definition) is 1. The van der Waals surface area contributed by atoms with E-state index in [9.17, 15) is 14.4 Å². The van der Waals surface area contributed by atoms with Crippen molar-refractivity contribution < 1.29 is 18.8 Å². The standard InChI is InChI=1S/C21H20N4O4/c22-20(27)18(26)19-17-15(13-29-19)6-7-16(23-17)21(28)25-10-8-24(9-11-25)12-14-4-2-1-3-5-14/h1-7,13H,8-12H2,(H2,22,27). The van der Waals surface area contributed by atoms with Crippen LogP contribution in [0.2, 0.25) is 0 Å². The van der Waals surface area contributed by atoms with Crippen molar-refractivity contribution in [1.82, 2.24) is 14.8 Å². The molecule has 0 saturated carbocycles. The quantitative estimate of drug-likeness (QED) is 0.520. The van der Waals surface area contributed by atoms with Gasteiger partial charge < -0.3 is 15.1 Å². The molecule has 29 heavy (non-hydrogen) atoms. The number of piperazine rings is 1. The molecule has 1 fully saturated rings.